The van der Waals surface area contributed by atoms with E-state index in [4.69, 9.17) is 0 Å². The summed E-state index contributed by atoms with van der Waals surface area (Å²) in [5.74, 6) is 1.02. The molecule has 128 valence electrons. The summed E-state index contributed by atoms with van der Waals surface area (Å²) in [5.41, 5.74) is 2.40. The second kappa shape index (κ2) is 8.07. The predicted octanol–water partition coefficient (Wildman–Crippen LogP) is 4.73. The van der Waals surface area contributed by atoms with E-state index in [2.05, 4.69) is 10.2 Å². The second-order valence-electron chi connectivity index (χ2n) is 5.93. The number of carbonyl (C=O) groups is 2. The van der Waals surface area contributed by atoms with E-state index >= 15 is 0 Å². The van der Waals surface area contributed by atoms with E-state index in [0.29, 0.717) is 18.7 Å². The molecule has 0 saturated carbocycles. The molecule has 1 aliphatic rings. The highest BCUT2D eigenvalue weighted by Crippen LogP contribution is 2.29. The van der Waals surface area contributed by atoms with Crippen LogP contribution >= 0.6 is 11.8 Å². The maximum atomic E-state index is 12.2. The lowest BCUT2D eigenvalue weighted by atomic mass is 10.1. The van der Waals surface area contributed by atoms with Gasteiger partial charge < -0.3 is 4.90 Å². The van der Waals surface area contributed by atoms with Crippen LogP contribution in [0.4, 0.5) is 17.1 Å². The number of thioether (sulfide) groups is 1. The van der Waals surface area contributed by atoms with Crippen LogP contribution in [0.25, 0.3) is 0 Å². The molecule has 0 N–H and O–H groups in total. The Hall–Kier alpha value is -2.47. The van der Waals surface area contributed by atoms with Gasteiger partial charge in [-0.3, -0.25) is 9.59 Å². The normalized spacial score (nSPS) is 17.4. The zero-order valence-electron chi connectivity index (χ0n) is 14.0. The van der Waals surface area contributed by atoms with Gasteiger partial charge in [0.25, 0.3) is 0 Å². The summed E-state index contributed by atoms with van der Waals surface area (Å²) < 4.78 is 0. The second-order valence-corrected chi connectivity index (χ2v) is 7.13. The number of nitrogens with zero attached hydrogens (tertiary/aromatic N) is 3. The van der Waals surface area contributed by atoms with Crippen molar-refractivity contribution >= 4 is 39.8 Å². The zero-order valence-corrected chi connectivity index (χ0v) is 14.8. The van der Waals surface area contributed by atoms with Crippen molar-refractivity contribution in [2.45, 2.75) is 13.3 Å². The minimum absolute atomic E-state index is 0.0963. The maximum Gasteiger partial charge on any atom is 0.227 e. The third kappa shape index (κ3) is 4.76. The quantitative estimate of drug-likeness (QED) is 0.730. The van der Waals surface area contributed by atoms with Crippen LogP contribution in [0.5, 0.6) is 0 Å². The molecule has 1 fully saturated rings. The van der Waals surface area contributed by atoms with Crippen molar-refractivity contribution in [2.24, 2.45) is 16.1 Å². The van der Waals surface area contributed by atoms with Gasteiger partial charge in [-0.2, -0.15) is 10.2 Å². The number of hydrogen-bond donors (Lipinski definition) is 0. The average molecular weight is 353 g/mol. The topological polar surface area (TPSA) is 62.1 Å². The SMILES string of the molecule is CC(=O)SCC1CC(=O)N(c2ccc(N=Nc3ccccc3)cc2)C1. The first-order valence-corrected chi connectivity index (χ1v) is 9.11. The third-order valence-corrected chi connectivity index (χ3v) is 4.97. The van der Waals surface area contributed by atoms with Crippen molar-refractivity contribution in [2.75, 3.05) is 17.2 Å². The summed E-state index contributed by atoms with van der Waals surface area (Å²) >= 11 is 1.29. The fourth-order valence-corrected chi connectivity index (χ4v) is 3.38. The lowest BCUT2D eigenvalue weighted by Gasteiger charge is -2.16. The Kier molecular flexibility index (Phi) is 5.60. The van der Waals surface area contributed by atoms with Crippen molar-refractivity contribution < 1.29 is 9.59 Å². The molecule has 1 saturated heterocycles. The largest absolute Gasteiger partial charge is 0.312 e. The van der Waals surface area contributed by atoms with Gasteiger partial charge in [0, 0.05) is 31.3 Å². The molecular weight excluding hydrogens is 334 g/mol. The number of rotatable bonds is 5. The van der Waals surface area contributed by atoms with Crippen LogP contribution in [-0.4, -0.2) is 23.3 Å². The van der Waals surface area contributed by atoms with Crippen LogP contribution in [0.2, 0.25) is 0 Å². The van der Waals surface area contributed by atoms with Gasteiger partial charge in [-0.1, -0.05) is 30.0 Å². The van der Waals surface area contributed by atoms with Gasteiger partial charge in [0.05, 0.1) is 11.4 Å². The Morgan fingerprint density at radius 2 is 1.72 bits per heavy atom. The van der Waals surface area contributed by atoms with Crippen LogP contribution in [0, 0.1) is 5.92 Å². The van der Waals surface area contributed by atoms with Crippen molar-refractivity contribution in [1.29, 1.82) is 0 Å². The summed E-state index contributed by atoms with van der Waals surface area (Å²) in [4.78, 5) is 25.1. The minimum atomic E-state index is 0.0963. The highest BCUT2D eigenvalue weighted by atomic mass is 32.2. The first-order chi connectivity index (χ1) is 12.1. The van der Waals surface area contributed by atoms with Gasteiger partial charge in [0.15, 0.2) is 5.12 Å². The van der Waals surface area contributed by atoms with Crippen molar-refractivity contribution in [3.8, 4) is 0 Å². The number of benzene rings is 2. The highest BCUT2D eigenvalue weighted by molar-refractivity contribution is 8.13. The molecule has 0 spiro atoms. The molecule has 3 rings (SSSR count). The fraction of sp³-hybridized carbons (Fsp3) is 0.263. The number of hydrogen-bond acceptors (Lipinski definition) is 5. The Balaban J connectivity index is 1.63. The number of carbonyl (C=O) groups excluding carboxylic acids is 2. The van der Waals surface area contributed by atoms with Gasteiger partial charge in [-0.25, -0.2) is 0 Å². The molecule has 1 amide bonds. The van der Waals surface area contributed by atoms with Gasteiger partial charge in [0.2, 0.25) is 5.91 Å². The number of azo groups is 1. The molecule has 1 aliphatic heterocycles. The molecule has 1 atom stereocenters. The average Bonchev–Trinajstić information content (AvgIpc) is 3.00. The monoisotopic (exact) mass is 353 g/mol. The lowest BCUT2D eigenvalue weighted by molar-refractivity contribution is -0.117. The van der Waals surface area contributed by atoms with E-state index in [9.17, 15) is 9.59 Å². The van der Waals surface area contributed by atoms with Crippen LogP contribution < -0.4 is 4.90 Å². The minimum Gasteiger partial charge on any atom is -0.312 e. The first-order valence-electron chi connectivity index (χ1n) is 8.12. The summed E-state index contributed by atoms with van der Waals surface area (Å²) in [6.45, 7) is 2.21. The summed E-state index contributed by atoms with van der Waals surface area (Å²) in [5, 5.41) is 8.49. The van der Waals surface area contributed by atoms with E-state index in [1.54, 1.807) is 11.8 Å². The molecule has 6 heteroatoms. The molecule has 5 nitrogen and oxygen atoms in total. The molecule has 0 aromatic heterocycles. The molecular formula is C19H19N3O2S. The summed E-state index contributed by atoms with van der Waals surface area (Å²) in [6.07, 6.45) is 0.496. The van der Waals surface area contributed by atoms with Gasteiger partial charge in [-0.05, 0) is 42.3 Å². The number of amides is 1. The van der Waals surface area contributed by atoms with E-state index in [0.717, 1.165) is 17.1 Å². The summed E-state index contributed by atoms with van der Waals surface area (Å²) in [6, 6.07) is 17.0. The lowest BCUT2D eigenvalue weighted by Crippen LogP contribution is -2.24. The van der Waals surface area contributed by atoms with Crippen LogP contribution in [0.15, 0.2) is 64.8 Å². The summed E-state index contributed by atoms with van der Waals surface area (Å²) in [7, 11) is 0. The smallest absolute Gasteiger partial charge is 0.227 e. The molecule has 2 aromatic carbocycles. The Morgan fingerprint density at radius 3 is 2.36 bits per heavy atom. The van der Waals surface area contributed by atoms with Gasteiger partial charge in [-0.15, -0.1) is 0 Å². The Bertz CT molecular complexity index is 775. The molecule has 1 unspecified atom stereocenters. The van der Waals surface area contributed by atoms with Crippen LogP contribution in [-0.2, 0) is 9.59 Å². The van der Waals surface area contributed by atoms with Crippen molar-refractivity contribution in [1.82, 2.24) is 0 Å². The van der Waals surface area contributed by atoms with Gasteiger partial charge in [0.1, 0.15) is 0 Å². The zero-order chi connectivity index (χ0) is 17.6. The van der Waals surface area contributed by atoms with E-state index in [1.807, 2.05) is 54.6 Å². The van der Waals surface area contributed by atoms with E-state index < -0.39 is 0 Å². The third-order valence-electron chi connectivity index (χ3n) is 3.93. The maximum absolute atomic E-state index is 12.2. The van der Waals surface area contributed by atoms with Crippen molar-refractivity contribution in [3.05, 3.63) is 54.6 Å². The molecule has 25 heavy (non-hydrogen) atoms. The van der Waals surface area contributed by atoms with Gasteiger partial charge >= 0.3 is 0 Å². The van der Waals surface area contributed by atoms with E-state index in [-0.39, 0.29) is 16.9 Å². The van der Waals surface area contributed by atoms with E-state index in [1.165, 1.54) is 11.8 Å². The highest BCUT2D eigenvalue weighted by Gasteiger charge is 2.30. The predicted molar refractivity (Wildman–Crippen MR) is 101 cm³/mol. The van der Waals surface area contributed by atoms with Crippen LogP contribution in [0.1, 0.15) is 13.3 Å². The fourth-order valence-electron chi connectivity index (χ4n) is 2.69. The standard InChI is InChI=1S/C19H19N3O2S/c1-14(23)25-13-15-11-19(24)22(12-15)18-9-7-17(8-10-18)21-20-16-5-3-2-4-6-16/h2-10,15H,11-13H2,1H3. The Labute approximate surface area is 151 Å². The number of anilines is 1. The molecule has 1 heterocycles. The first kappa shape index (κ1) is 17.4. The molecule has 0 bridgehead atoms. The molecule has 0 aliphatic carbocycles. The Morgan fingerprint density at radius 1 is 1.08 bits per heavy atom. The van der Waals surface area contributed by atoms with Crippen LogP contribution in [0.3, 0.4) is 0 Å². The molecule has 2 aromatic rings. The van der Waals surface area contributed by atoms with Crippen molar-refractivity contribution in [3.63, 3.8) is 0 Å². The molecule has 0 radical (unpaired) electrons.